The Morgan fingerprint density at radius 2 is 1.32 bits per heavy atom. The van der Waals surface area contributed by atoms with E-state index in [1.807, 2.05) is 0 Å². The number of esters is 2. The van der Waals surface area contributed by atoms with Crippen molar-refractivity contribution in [2.24, 2.45) is 0 Å². The predicted octanol–water partition coefficient (Wildman–Crippen LogP) is 2.02. The van der Waals surface area contributed by atoms with Crippen molar-refractivity contribution in [2.45, 2.75) is 38.9 Å². The third-order valence-corrected chi connectivity index (χ3v) is 2.31. The molecule has 19 heavy (non-hydrogen) atoms. The van der Waals surface area contributed by atoms with Crippen molar-refractivity contribution < 1.29 is 23.8 Å². The molecule has 0 saturated heterocycles. The normalized spacial score (nSPS) is 13.2. The van der Waals surface area contributed by atoms with Crippen molar-refractivity contribution in [3.63, 3.8) is 0 Å². The molecule has 0 rings (SSSR count). The smallest absolute Gasteiger partial charge is 0.330 e. The Labute approximate surface area is 114 Å². The maximum atomic E-state index is 10.9. The lowest BCUT2D eigenvalue weighted by Gasteiger charge is -2.14. The molecule has 0 radical (unpaired) electrons. The van der Waals surface area contributed by atoms with Gasteiger partial charge in [-0.2, -0.15) is 0 Å². The van der Waals surface area contributed by atoms with E-state index in [0.29, 0.717) is 26.1 Å². The van der Waals surface area contributed by atoms with Crippen molar-refractivity contribution in [3.05, 3.63) is 25.3 Å². The molecule has 0 fully saturated rings. The summed E-state index contributed by atoms with van der Waals surface area (Å²) in [6.07, 6.45) is 3.07. The molecule has 0 aliphatic rings. The van der Waals surface area contributed by atoms with Gasteiger partial charge in [-0.25, -0.2) is 9.59 Å². The first-order valence-corrected chi connectivity index (χ1v) is 6.23. The third-order valence-electron chi connectivity index (χ3n) is 2.31. The highest BCUT2D eigenvalue weighted by molar-refractivity contribution is 5.81. The van der Waals surface area contributed by atoms with Crippen LogP contribution >= 0.6 is 0 Å². The molecule has 0 aliphatic heterocycles. The van der Waals surface area contributed by atoms with E-state index in [2.05, 4.69) is 13.2 Å². The van der Waals surface area contributed by atoms with Gasteiger partial charge in [0.25, 0.3) is 0 Å². The van der Waals surface area contributed by atoms with Gasteiger partial charge in [0.15, 0.2) is 0 Å². The molecule has 0 heterocycles. The van der Waals surface area contributed by atoms with Gasteiger partial charge in [0.2, 0.25) is 0 Å². The molecular formula is C14H22O5. The Morgan fingerprint density at radius 3 is 1.63 bits per heavy atom. The van der Waals surface area contributed by atoms with Crippen LogP contribution in [0.2, 0.25) is 0 Å². The number of carbonyl (C=O) groups excluding carboxylic acids is 2. The van der Waals surface area contributed by atoms with Gasteiger partial charge < -0.3 is 14.2 Å². The summed E-state index contributed by atoms with van der Waals surface area (Å²) < 4.78 is 15.3. The van der Waals surface area contributed by atoms with Gasteiger partial charge in [0.05, 0.1) is 13.2 Å². The minimum atomic E-state index is -0.433. The Balaban J connectivity index is 3.54. The van der Waals surface area contributed by atoms with Crippen LogP contribution in [0.1, 0.15) is 26.7 Å². The zero-order valence-corrected chi connectivity index (χ0v) is 11.6. The maximum Gasteiger partial charge on any atom is 0.330 e. The minimum Gasteiger partial charge on any atom is -0.459 e. The summed E-state index contributed by atoms with van der Waals surface area (Å²) in [4.78, 5) is 21.8. The first-order chi connectivity index (χ1) is 8.99. The van der Waals surface area contributed by atoms with Crippen LogP contribution in [-0.4, -0.2) is 37.4 Å². The van der Waals surface area contributed by atoms with E-state index in [0.717, 1.165) is 12.2 Å². The maximum absolute atomic E-state index is 10.9. The lowest BCUT2D eigenvalue weighted by molar-refractivity contribution is -0.143. The SMILES string of the molecule is C=CC(=O)OC(C)CCOCCC(C)OC(=O)C=C. The molecule has 108 valence electrons. The van der Waals surface area contributed by atoms with Gasteiger partial charge in [-0.05, 0) is 13.8 Å². The highest BCUT2D eigenvalue weighted by Gasteiger charge is 2.08. The molecular weight excluding hydrogens is 248 g/mol. The van der Waals surface area contributed by atoms with Crippen LogP contribution in [0.4, 0.5) is 0 Å². The summed E-state index contributed by atoms with van der Waals surface area (Å²) in [5.41, 5.74) is 0. The molecule has 0 N–H and O–H groups in total. The molecule has 0 aromatic carbocycles. The van der Waals surface area contributed by atoms with Crippen LogP contribution in [0.5, 0.6) is 0 Å². The van der Waals surface area contributed by atoms with Gasteiger partial charge in [0.1, 0.15) is 12.2 Å². The van der Waals surface area contributed by atoms with Crippen molar-refractivity contribution in [1.29, 1.82) is 0 Å². The van der Waals surface area contributed by atoms with E-state index in [9.17, 15) is 9.59 Å². The Morgan fingerprint density at radius 1 is 0.947 bits per heavy atom. The fourth-order valence-electron chi connectivity index (χ4n) is 1.21. The van der Waals surface area contributed by atoms with Gasteiger partial charge in [0, 0.05) is 25.0 Å². The summed E-state index contributed by atoms with van der Waals surface area (Å²) in [7, 11) is 0. The molecule has 2 unspecified atom stereocenters. The quantitative estimate of drug-likeness (QED) is 0.345. The first kappa shape index (κ1) is 17.4. The zero-order valence-electron chi connectivity index (χ0n) is 11.6. The van der Waals surface area contributed by atoms with Crippen LogP contribution in [-0.2, 0) is 23.8 Å². The largest absolute Gasteiger partial charge is 0.459 e. The molecule has 0 aromatic heterocycles. The molecule has 0 aromatic rings. The highest BCUT2D eigenvalue weighted by Crippen LogP contribution is 2.02. The number of rotatable bonds is 10. The average molecular weight is 270 g/mol. The van der Waals surface area contributed by atoms with E-state index in [-0.39, 0.29) is 12.2 Å². The highest BCUT2D eigenvalue weighted by atomic mass is 16.5. The van der Waals surface area contributed by atoms with E-state index in [1.165, 1.54) is 0 Å². The van der Waals surface area contributed by atoms with E-state index < -0.39 is 11.9 Å². The second-order valence-electron chi connectivity index (χ2n) is 4.09. The third kappa shape index (κ3) is 10.0. The van der Waals surface area contributed by atoms with E-state index in [1.54, 1.807) is 13.8 Å². The van der Waals surface area contributed by atoms with Gasteiger partial charge in [-0.1, -0.05) is 13.2 Å². The van der Waals surface area contributed by atoms with E-state index in [4.69, 9.17) is 14.2 Å². The second-order valence-corrected chi connectivity index (χ2v) is 4.09. The molecule has 2 atom stereocenters. The standard InChI is InChI=1S/C14H22O5/c1-5-13(15)18-11(3)7-9-17-10-8-12(4)19-14(16)6-2/h5-6,11-12H,1-2,7-10H2,3-4H3. The molecule has 5 nitrogen and oxygen atoms in total. The fourth-order valence-corrected chi connectivity index (χ4v) is 1.21. The number of hydrogen-bond donors (Lipinski definition) is 0. The monoisotopic (exact) mass is 270 g/mol. The molecule has 0 spiro atoms. The van der Waals surface area contributed by atoms with Crippen molar-refractivity contribution in [1.82, 2.24) is 0 Å². The van der Waals surface area contributed by atoms with E-state index >= 15 is 0 Å². The summed E-state index contributed by atoms with van der Waals surface area (Å²) in [5, 5.41) is 0. The first-order valence-electron chi connectivity index (χ1n) is 6.23. The summed E-state index contributed by atoms with van der Waals surface area (Å²) in [6.45, 7) is 11.2. The molecule has 5 heteroatoms. The fraction of sp³-hybridized carbons (Fsp3) is 0.571. The van der Waals surface area contributed by atoms with Crippen LogP contribution < -0.4 is 0 Å². The van der Waals surface area contributed by atoms with Crippen molar-refractivity contribution >= 4 is 11.9 Å². The minimum absolute atomic E-state index is 0.207. The molecule has 0 saturated carbocycles. The molecule has 0 amide bonds. The molecule has 0 aliphatic carbocycles. The summed E-state index contributed by atoms with van der Waals surface area (Å²) in [5.74, 6) is -0.866. The predicted molar refractivity (Wildman–Crippen MR) is 71.6 cm³/mol. The Bertz CT molecular complexity index is 281. The lowest BCUT2D eigenvalue weighted by atomic mass is 10.3. The van der Waals surface area contributed by atoms with Gasteiger partial charge >= 0.3 is 11.9 Å². The van der Waals surface area contributed by atoms with Crippen LogP contribution in [0.25, 0.3) is 0 Å². The Kier molecular flexibility index (Phi) is 9.44. The average Bonchev–Trinajstić information content (AvgIpc) is 2.37. The second kappa shape index (κ2) is 10.3. The van der Waals surface area contributed by atoms with Gasteiger partial charge in [-0.15, -0.1) is 0 Å². The van der Waals surface area contributed by atoms with Crippen LogP contribution in [0.15, 0.2) is 25.3 Å². The van der Waals surface area contributed by atoms with Crippen molar-refractivity contribution in [3.8, 4) is 0 Å². The zero-order chi connectivity index (χ0) is 14.7. The van der Waals surface area contributed by atoms with Crippen LogP contribution in [0.3, 0.4) is 0 Å². The van der Waals surface area contributed by atoms with Crippen molar-refractivity contribution in [2.75, 3.05) is 13.2 Å². The number of ether oxygens (including phenoxy) is 3. The topological polar surface area (TPSA) is 61.8 Å². The van der Waals surface area contributed by atoms with Gasteiger partial charge in [-0.3, -0.25) is 0 Å². The number of carbonyl (C=O) groups is 2. The molecule has 0 bridgehead atoms. The number of hydrogen-bond acceptors (Lipinski definition) is 5. The van der Waals surface area contributed by atoms with Crippen LogP contribution in [0, 0.1) is 0 Å². The lowest BCUT2D eigenvalue weighted by Crippen LogP contribution is -2.17. The Hall–Kier alpha value is -1.62. The summed E-state index contributed by atoms with van der Waals surface area (Å²) in [6, 6.07) is 0. The summed E-state index contributed by atoms with van der Waals surface area (Å²) >= 11 is 0.